The first-order chi connectivity index (χ1) is 19.5. The maximum absolute atomic E-state index is 8.90. The molecule has 0 radical (unpaired) electrons. The zero-order chi connectivity index (χ0) is 28.6. The molecule has 1 atom stereocenters. The third kappa shape index (κ3) is 9.33. The highest BCUT2D eigenvalue weighted by Gasteiger charge is 2.37. The van der Waals surface area contributed by atoms with Crippen molar-refractivity contribution in [2.75, 3.05) is 31.3 Å². The van der Waals surface area contributed by atoms with Gasteiger partial charge in [-0.05, 0) is 44.4 Å². The smallest absolute Gasteiger partial charge is 0.259 e. The predicted molar refractivity (Wildman–Crippen MR) is 171 cm³/mol. The highest BCUT2D eigenvalue weighted by atomic mass is 33.1. The Morgan fingerprint density at radius 3 is 1.55 bits per heavy atom. The topological polar surface area (TPSA) is 54.7 Å². The van der Waals surface area contributed by atoms with Crippen LogP contribution in [0.3, 0.4) is 0 Å². The molecule has 0 amide bonds. The summed E-state index contributed by atoms with van der Waals surface area (Å²) in [5.74, 6) is 1.69. The molecule has 0 N–H and O–H groups in total. The molecule has 0 aliphatic rings. The summed E-state index contributed by atoms with van der Waals surface area (Å²) in [6.07, 6.45) is 0.368. The van der Waals surface area contributed by atoms with E-state index in [2.05, 4.69) is 111 Å². The van der Waals surface area contributed by atoms with Crippen LogP contribution in [0.1, 0.15) is 50.8 Å². The maximum Gasteiger partial charge on any atom is 0.259 e. The number of ether oxygens (including phenoxy) is 1. The number of hydrogen-bond acceptors (Lipinski definition) is 7. The minimum Gasteiger partial charge on any atom is -0.360 e. The van der Waals surface area contributed by atoms with E-state index in [1.54, 1.807) is 21.6 Å². The van der Waals surface area contributed by atoms with Crippen molar-refractivity contribution in [1.29, 1.82) is 5.26 Å². The van der Waals surface area contributed by atoms with Crippen molar-refractivity contribution in [1.82, 2.24) is 4.67 Å². The Labute approximate surface area is 250 Å². The standard InChI is InChI=1S/C32H41N2O3PS2/c1-27(2)34(28(3)4)38(36-22-14-21-33)37-24-26-40-39-25-23-35-32(29-15-8-5-9-16-29,30-17-10-6-11-18-30)31-19-12-7-13-20-31/h5-13,15-20,27-28H,14,22-26H2,1-4H3. The molecule has 40 heavy (non-hydrogen) atoms. The van der Waals surface area contributed by atoms with E-state index in [1.807, 2.05) is 18.2 Å². The average Bonchev–Trinajstić information content (AvgIpc) is 2.97. The fraction of sp³-hybridized carbons (Fsp3) is 0.406. The van der Waals surface area contributed by atoms with Gasteiger partial charge in [-0.15, -0.1) is 0 Å². The normalized spacial score (nSPS) is 12.7. The SMILES string of the molecule is CC(C)N(C(C)C)P(OCCC#N)OCCSSCCOC(c1ccccc1)(c1ccccc1)c1ccccc1. The summed E-state index contributed by atoms with van der Waals surface area (Å²) in [6.45, 7) is 10.2. The van der Waals surface area contributed by atoms with Crippen molar-refractivity contribution in [3.63, 3.8) is 0 Å². The molecule has 5 nitrogen and oxygen atoms in total. The van der Waals surface area contributed by atoms with Crippen LogP contribution in [0.4, 0.5) is 0 Å². The first-order valence-electron chi connectivity index (χ1n) is 13.8. The summed E-state index contributed by atoms with van der Waals surface area (Å²) < 4.78 is 21.3. The van der Waals surface area contributed by atoms with E-state index in [1.165, 1.54) is 0 Å². The van der Waals surface area contributed by atoms with E-state index in [-0.39, 0.29) is 0 Å². The minimum atomic E-state index is -1.20. The molecule has 0 spiro atoms. The van der Waals surface area contributed by atoms with E-state index in [4.69, 9.17) is 19.0 Å². The van der Waals surface area contributed by atoms with Crippen molar-refractivity contribution >= 4 is 30.1 Å². The summed E-state index contributed by atoms with van der Waals surface area (Å²) >= 11 is 0. The average molecular weight is 597 g/mol. The van der Waals surface area contributed by atoms with Crippen LogP contribution < -0.4 is 0 Å². The van der Waals surface area contributed by atoms with E-state index in [0.717, 1.165) is 28.2 Å². The van der Waals surface area contributed by atoms with Gasteiger partial charge in [0.15, 0.2) is 0 Å². The summed E-state index contributed by atoms with van der Waals surface area (Å²) in [4.78, 5) is 0. The number of rotatable bonds is 18. The van der Waals surface area contributed by atoms with E-state index in [0.29, 0.717) is 38.3 Å². The molecule has 0 aromatic heterocycles. The van der Waals surface area contributed by atoms with Gasteiger partial charge in [-0.3, -0.25) is 0 Å². The Morgan fingerprint density at radius 1 is 0.700 bits per heavy atom. The first kappa shape index (κ1) is 32.6. The molecule has 0 aliphatic carbocycles. The molecule has 0 saturated heterocycles. The molecule has 0 heterocycles. The fourth-order valence-corrected chi connectivity index (χ4v) is 7.95. The lowest BCUT2D eigenvalue weighted by molar-refractivity contribution is 0.0234. The summed E-state index contributed by atoms with van der Waals surface area (Å²) in [5, 5.41) is 8.90. The number of nitrogens with zero attached hydrogens (tertiary/aromatic N) is 2. The van der Waals surface area contributed by atoms with Gasteiger partial charge in [0, 0.05) is 23.6 Å². The molecule has 3 aromatic rings. The van der Waals surface area contributed by atoms with Crippen molar-refractivity contribution in [3.8, 4) is 6.07 Å². The highest BCUT2D eigenvalue weighted by molar-refractivity contribution is 8.76. The Hall–Kier alpha value is -1.88. The van der Waals surface area contributed by atoms with Crippen LogP contribution in [0.15, 0.2) is 91.0 Å². The van der Waals surface area contributed by atoms with E-state index >= 15 is 0 Å². The van der Waals surface area contributed by atoms with Crippen molar-refractivity contribution in [2.45, 2.75) is 51.8 Å². The summed E-state index contributed by atoms with van der Waals surface area (Å²) in [6, 6.07) is 34.2. The van der Waals surface area contributed by atoms with Gasteiger partial charge in [0.05, 0.1) is 32.3 Å². The van der Waals surface area contributed by atoms with Crippen LogP contribution >= 0.6 is 30.1 Å². The molecule has 214 valence electrons. The van der Waals surface area contributed by atoms with Gasteiger partial charge in [-0.1, -0.05) is 113 Å². The van der Waals surface area contributed by atoms with Crippen LogP contribution in [0.5, 0.6) is 0 Å². The van der Waals surface area contributed by atoms with Crippen molar-refractivity contribution < 1.29 is 13.8 Å². The lowest BCUT2D eigenvalue weighted by Gasteiger charge is -2.36. The highest BCUT2D eigenvalue weighted by Crippen LogP contribution is 2.46. The second kappa shape index (κ2) is 17.8. The number of benzene rings is 3. The Balaban J connectivity index is 1.59. The van der Waals surface area contributed by atoms with Crippen molar-refractivity contribution in [2.24, 2.45) is 0 Å². The van der Waals surface area contributed by atoms with Gasteiger partial charge >= 0.3 is 0 Å². The molecular weight excluding hydrogens is 555 g/mol. The molecule has 0 saturated carbocycles. The third-order valence-corrected chi connectivity index (χ3v) is 10.6. The van der Waals surface area contributed by atoms with Gasteiger partial charge in [-0.2, -0.15) is 5.26 Å². The van der Waals surface area contributed by atoms with Crippen LogP contribution in [0, 0.1) is 11.3 Å². The van der Waals surface area contributed by atoms with Crippen LogP contribution in [0.25, 0.3) is 0 Å². The van der Waals surface area contributed by atoms with Gasteiger partial charge in [-0.25, -0.2) is 4.67 Å². The second-order valence-corrected chi connectivity index (χ2v) is 13.8. The molecule has 0 bridgehead atoms. The fourth-order valence-electron chi connectivity index (χ4n) is 4.58. The molecule has 3 rings (SSSR count). The molecule has 8 heteroatoms. The van der Waals surface area contributed by atoms with Gasteiger partial charge < -0.3 is 13.8 Å². The molecule has 1 unspecified atom stereocenters. The largest absolute Gasteiger partial charge is 0.360 e. The monoisotopic (exact) mass is 596 g/mol. The zero-order valence-electron chi connectivity index (χ0n) is 23.9. The Kier molecular flexibility index (Phi) is 14.5. The first-order valence-corrected chi connectivity index (χ1v) is 17.4. The lowest BCUT2D eigenvalue weighted by Crippen LogP contribution is -2.33. The number of nitriles is 1. The zero-order valence-corrected chi connectivity index (χ0v) is 26.5. The second-order valence-electron chi connectivity index (χ2n) is 9.65. The lowest BCUT2D eigenvalue weighted by atomic mass is 9.80. The van der Waals surface area contributed by atoms with Crippen LogP contribution in [-0.4, -0.2) is 48.1 Å². The molecule has 3 aromatic carbocycles. The Morgan fingerprint density at radius 2 is 1.12 bits per heavy atom. The third-order valence-electron chi connectivity index (χ3n) is 6.14. The van der Waals surface area contributed by atoms with Gasteiger partial charge in [0.1, 0.15) is 5.60 Å². The Bertz CT molecular complexity index is 1030. The minimum absolute atomic E-state index is 0.298. The molecular formula is C32H41N2O3PS2. The van der Waals surface area contributed by atoms with Gasteiger partial charge in [0.25, 0.3) is 8.53 Å². The van der Waals surface area contributed by atoms with Crippen LogP contribution in [0.2, 0.25) is 0 Å². The van der Waals surface area contributed by atoms with E-state index < -0.39 is 14.1 Å². The maximum atomic E-state index is 8.90. The summed E-state index contributed by atoms with van der Waals surface area (Å²) in [7, 11) is 2.38. The van der Waals surface area contributed by atoms with Crippen LogP contribution in [-0.2, 0) is 19.4 Å². The number of hydrogen-bond donors (Lipinski definition) is 0. The molecule has 0 aliphatic heterocycles. The summed E-state index contributed by atoms with van der Waals surface area (Å²) in [5.41, 5.74) is 2.65. The quantitative estimate of drug-likeness (QED) is 0.0630. The molecule has 0 fully saturated rings. The predicted octanol–water partition coefficient (Wildman–Crippen LogP) is 8.67. The van der Waals surface area contributed by atoms with E-state index in [9.17, 15) is 0 Å². The van der Waals surface area contributed by atoms with Crippen molar-refractivity contribution in [3.05, 3.63) is 108 Å². The van der Waals surface area contributed by atoms with Gasteiger partial charge in [0.2, 0.25) is 0 Å².